The molecule has 0 saturated carbocycles. The molecule has 9 heteroatoms. The Morgan fingerprint density at radius 1 is 1.16 bits per heavy atom. The molecule has 3 aromatic rings. The standard InChI is InChI=1S/C22H24N4O4S/c1-16-5-4-12-26(13-16)31(29,30)18-10-8-17(9-11-18)24-21(27)14-25-15-23-20-7-3-2-6-19(20)22(25)28/h2-3,6-11,15-16H,4-5,12-14H2,1H3,(H,24,27)/t16-/m1/s1. The smallest absolute Gasteiger partial charge is 0.261 e. The number of nitrogens with one attached hydrogen (secondary N) is 1. The van der Waals surface area contributed by atoms with Gasteiger partial charge < -0.3 is 5.32 Å². The number of nitrogens with zero attached hydrogens (tertiary/aromatic N) is 3. The summed E-state index contributed by atoms with van der Waals surface area (Å²) in [6.07, 6.45) is 3.24. The maximum absolute atomic E-state index is 12.8. The molecule has 1 fully saturated rings. The monoisotopic (exact) mass is 440 g/mol. The topological polar surface area (TPSA) is 101 Å². The summed E-state index contributed by atoms with van der Waals surface area (Å²) in [6, 6.07) is 13.0. The second-order valence-electron chi connectivity index (χ2n) is 7.88. The summed E-state index contributed by atoms with van der Waals surface area (Å²) in [6.45, 7) is 2.91. The van der Waals surface area contributed by atoms with Gasteiger partial charge >= 0.3 is 0 Å². The molecule has 162 valence electrons. The quantitative estimate of drug-likeness (QED) is 0.657. The van der Waals surface area contributed by atoms with Crippen molar-refractivity contribution in [2.24, 2.45) is 5.92 Å². The molecule has 1 amide bonds. The summed E-state index contributed by atoms with van der Waals surface area (Å²) in [5, 5.41) is 3.14. The van der Waals surface area contributed by atoms with E-state index >= 15 is 0 Å². The van der Waals surface area contributed by atoms with Crippen LogP contribution in [0.2, 0.25) is 0 Å². The van der Waals surface area contributed by atoms with Gasteiger partial charge in [0.1, 0.15) is 6.54 Å². The Hall–Kier alpha value is -3.04. The fourth-order valence-corrected chi connectivity index (χ4v) is 5.40. The molecule has 1 aromatic heterocycles. The number of hydrogen-bond donors (Lipinski definition) is 1. The summed E-state index contributed by atoms with van der Waals surface area (Å²) >= 11 is 0. The van der Waals surface area contributed by atoms with Gasteiger partial charge in [-0.1, -0.05) is 19.1 Å². The number of piperidine rings is 1. The number of rotatable bonds is 5. The van der Waals surface area contributed by atoms with Crippen molar-refractivity contribution >= 4 is 32.5 Å². The Morgan fingerprint density at radius 3 is 2.65 bits per heavy atom. The lowest BCUT2D eigenvalue weighted by molar-refractivity contribution is -0.116. The fourth-order valence-electron chi connectivity index (χ4n) is 3.80. The molecule has 8 nitrogen and oxygen atoms in total. The van der Waals surface area contributed by atoms with Gasteiger partial charge in [0, 0.05) is 18.8 Å². The van der Waals surface area contributed by atoms with Crippen LogP contribution >= 0.6 is 0 Å². The molecule has 1 atom stereocenters. The first-order valence-electron chi connectivity index (χ1n) is 10.2. The van der Waals surface area contributed by atoms with Gasteiger partial charge in [-0.05, 0) is 55.2 Å². The number of sulfonamides is 1. The van der Waals surface area contributed by atoms with Crippen LogP contribution in [0.15, 0.2) is 64.5 Å². The highest BCUT2D eigenvalue weighted by atomic mass is 32.2. The van der Waals surface area contributed by atoms with Crippen LogP contribution in [0.25, 0.3) is 10.9 Å². The zero-order valence-corrected chi connectivity index (χ0v) is 18.0. The Kier molecular flexibility index (Phi) is 5.88. The number of amides is 1. The minimum absolute atomic E-state index is 0.192. The Balaban J connectivity index is 1.45. The molecule has 0 aliphatic carbocycles. The molecule has 0 radical (unpaired) electrons. The predicted molar refractivity (Wildman–Crippen MR) is 118 cm³/mol. The van der Waals surface area contributed by atoms with Crippen molar-refractivity contribution in [1.82, 2.24) is 13.9 Å². The van der Waals surface area contributed by atoms with Crippen LogP contribution < -0.4 is 10.9 Å². The Labute approximate surface area is 180 Å². The van der Waals surface area contributed by atoms with E-state index in [1.807, 2.05) is 0 Å². The number of para-hydroxylation sites is 1. The van der Waals surface area contributed by atoms with Gasteiger partial charge in [0.15, 0.2) is 0 Å². The summed E-state index contributed by atoms with van der Waals surface area (Å²) in [5.41, 5.74) is 0.736. The van der Waals surface area contributed by atoms with Crippen LogP contribution in [-0.4, -0.2) is 41.3 Å². The number of carbonyl (C=O) groups excluding carboxylic acids is 1. The van der Waals surface area contributed by atoms with Crippen molar-refractivity contribution in [2.75, 3.05) is 18.4 Å². The average Bonchev–Trinajstić information content (AvgIpc) is 2.76. The number of aromatic nitrogens is 2. The number of fused-ring (bicyclic) bond motifs is 1. The average molecular weight is 441 g/mol. The summed E-state index contributed by atoms with van der Waals surface area (Å²) < 4.78 is 28.5. The lowest BCUT2D eigenvalue weighted by Crippen LogP contribution is -2.39. The van der Waals surface area contributed by atoms with Gasteiger partial charge in [-0.15, -0.1) is 0 Å². The molecule has 1 aliphatic rings. The van der Waals surface area contributed by atoms with Gasteiger partial charge in [0.2, 0.25) is 15.9 Å². The van der Waals surface area contributed by atoms with Crippen molar-refractivity contribution in [1.29, 1.82) is 0 Å². The van der Waals surface area contributed by atoms with Crippen LogP contribution in [0.1, 0.15) is 19.8 Å². The molecule has 1 N–H and O–H groups in total. The van der Waals surface area contributed by atoms with Gasteiger partial charge in [-0.2, -0.15) is 4.31 Å². The molecule has 2 aromatic carbocycles. The Bertz CT molecular complexity index is 1270. The second kappa shape index (κ2) is 8.60. The molecule has 4 rings (SSSR count). The number of anilines is 1. The maximum atomic E-state index is 12.8. The zero-order chi connectivity index (χ0) is 22.0. The molecule has 1 aliphatic heterocycles. The largest absolute Gasteiger partial charge is 0.325 e. The Morgan fingerprint density at radius 2 is 1.90 bits per heavy atom. The van der Waals surface area contributed by atoms with E-state index in [9.17, 15) is 18.0 Å². The molecule has 0 bridgehead atoms. The highest BCUT2D eigenvalue weighted by molar-refractivity contribution is 7.89. The van der Waals surface area contributed by atoms with Crippen LogP contribution in [0, 0.1) is 5.92 Å². The van der Waals surface area contributed by atoms with Gasteiger partial charge in [0.25, 0.3) is 5.56 Å². The highest BCUT2D eigenvalue weighted by Crippen LogP contribution is 2.24. The zero-order valence-electron chi connectivity index (χ0n) is 17.2. The lowest BCUT2D eigenvalue weighted by atomic mass is 10.0. The van der Waals surface area contributed by atoms with Crippen molar-refractivity contribution in [2.45, 2.75) is 31.2 Å². The minimum atomic E-state index is -3.55. The third kappa shape index (κ3) is 4.52. The van der Waals surface area contributed by atoms with Crippen molar-refractivity contribution < 1.29 is 13.2 Å². The normalized spacial score (nSPS) is 17.5. The minimum Gasteiger partial charge on any atom is -0.325 e. The van der Waals surface area contributed by atoms with Crippen LogP contribution in [0.4, 0.5) is 5.69 Å². The summed E-state index contributed by atoms with van der Waals surface area (Å²) in [7, 11) is -3.55. The molecule has 0 unspecified atom stereocenters. The third-order valence-corrected chi connectivity index (χ3v) is 7.32. The first-order chi connectivity index (χ1) is 14.8. The third-order valence-electron chi connectivity index (χ3n) is 5.44. The van der Waals surface area contributed by atoms with Crippen LogP contribution in [-0.2, 0) is 21.4 Å². The number of hydrogen-bond acceptors (Lipinski definition) is 5. The SMILES string of the molecule is C[C@@H]1CCCN(S(=O)(=O)c2ccc(NC(=O)Cn3cnc4ccccc4c3=O)cc2)C1. The second-order valence-corrected chi connectivity index (χ2v) is 9.82. The van der Waals surface area contributed by atoms with E-state index in [-0.39, 0.29) is 17.0 Å². The maximum Gasteiger partial charge on any atom is 0.261 e. The first-order valence-corrected chi connectivity index (χ1v) is 11.6. The first kappa shape index (κ1) is 21.2. The van der Waals surface area contributed by atoms with E-state index in [1.54, 1.807) is 36.4 Å². The van der Waals surface area contributed by atoms with Gasteiger partial charge in [-0.25, -0.2) is 13.4 Å². The van der Waals surface area contributed by atoms with Crippen molar-refractivity contribution in [3.8, 4) is 0 Å². The number of benzene rings is 2. The van der Waals surface area contributed by atoms with E-state index in [4.69, 9.17) is 0 Å². The molecular formula is C22H24N4O4S. The highest BCUT2D eigenvalue weighted by Gasteiger charge is 2.28. The van der Waals surface area contributed by atoms with E-state index in [0.29, 0.717) is 35.6 Å². The molecular weight excluding hydrogens is 416 g/mol. The predicted octanol–water partition coefficient (Wildman–Crippen LogP) is 2.46. The van der Waals surface area contributed by atoms with E-state index < -0.39 is 15.9 Å². The summed E-state index contributed by atoms with van der Waals surface area (Å²) in [5.74, 6) is -0.0604. The van der Waals surface area contributed by atoms with E-state index in [1.165, 1.54) is 27.3 Å². The van der Waals surface area contributed by atoms with Gasteiger partial charge in [0.05, 0.1) is 22.1 Å². The van der Waals surface area contributed by atoms with Crippen LogP contribution in [0.3, 0.4) is 0 Å². The molecule has 31 heavy (non-hydrogen) atoms. The fraction of sp³-hybridized carbons (Fsp3) is 0.318. The molecule has 1 saturated heterocycles. The van der Waals surface area contributed by atoms with Crippen LogP contribution in [0.5, 0.6) is 0 Å². The van der Waals surface area contributed by atoms with Gasteiger partial charge in [-0.3, -0.25) is 14.2 Å². The number of carbonyl (C=O) groups is 1. The lowest BCUT2D eigenvalue weighted by Gasteiger charge is -2.30. The summed E-state index contributed by atoms with van der Waals surface area (Å²) in [4.78, 5) is 29.3. The molecule has 2 heterocycles. The molecule has 0 spiro atoms. The van der Waals surface area contributed by atoms with Crippen molar-refractivity contribution in [3.63, 3.8) is 0 Å². The van der Waals surface area contributed by atoms with E-state index in [2.05, 4.69) is 17.2 Å². The van der Waals surface area contributed by atoms with E-state index in [0.717, 1.165) is 12.8 Å². The van der Waals surface area contributed by atoms with Crippen molar-refractivity contribution in [3.05, 3.63) is 65.2 Å².